The van der Waals surface area contributed by atoms with Crippen LogP contribution >= 0.6 is 11.6 Å². The van der Waals surface area contributed by atoms with Crippen molar-refractivity contribution in [3.05, 3.63) is 34.9 Å². The second-order valence-electron chi connectivity index (χ2n) is 4.56. The van der Waals surface area contributed by atoms with Crippen molar-refractivity contribution in [1.29, 1.82) is 0 Å². The molecule has 0 saturated heterocycles. The fourth-order valence-corrected chi connectivity index (χ4v) is 1.46. The minimum atomic E-state index is -0.276. The van der Waals surface area contributed by atoms with E-state index in [1.54, 1.807) is 12.1 Å². The molecule has 0 spiro atoms. The largest absolute Gasteiger partial charge is 0.301 e. The Morgan fingerprint density at radius 1 is 1.27 bits per heavy atom. The van der Waals surface area contributed by atoms with Crippen molar-refractivity contribution in [2.45, 2.75) is 32.4 Å². The highest BCUT2D eigenvalue weighted by molar-refractivity contribution is 6.30. The van der Waals surface area contributed by atoms with Crippen LogP contribution in [0.15, 0.2) is 24.3 Å². The van der Waals surface area contributed by atoms with Crippen molar-refractivity contribution < 1.29 is 4.79 Å². The first-order valence-corrected chi connectivity index (χ1v) is 5.28. The lowest BCUT2D eigenvalue weighted by molar-refractivity contribution is -0.110. The molecule has 1 N–H and O–H groups in total. The van der Waals surface area contributed by atoms with E-state index in [4.69, 9.17) is 11.6 Å². The summed E-state index contributed by atoms with van der Waals surface area (Å²) in [5.74, 6) is 0. The van der Waals surface area contributed by atoms with E-state index in [1.807, 2.05) is 32.9 Å². The molecule has 3 heteroatoms. The van der Waals surface area contributed by atoms with Crippen LogP contribution in [0.3, 0.4) is 0 Å². The minimum absolute atomic E-state index is 0.0921. The molecule has 82 valence electrons. The average Bonchev–Trinajstić information content (AvgIpc) is 2.14. The van der Waals surface area contributed by atoms with Gasteiger partial charge in [0.05, 0.1) is 6.04 Å². The van der Waals surface area contributed by atoms with Gasteiger partial charge in [-0.05, 0) is 38.5 Å². The zero-order valence-corrected chi connectivity index (χ0v) is 10.0. The molecule has 0 saturated carbocycles. The van der Waals surface area contributed by atoms with Gasteiger partial charge in [-0.25, -0.2) is 0 Å². The van der Waals surface area contributed by atoms with Crippen LogP contribution < -0.4 is 5.32 Å². The van der Waals surface area contributed by atoms with E-state index in [1.165, 1.54) is 0 Å². The quantitative estimate of drug-likeness (QED) is 0.802. The van der Waals surface area contributed by atoms with E-state index >= 15 is 0 Å². The SMILES string of the molecule is CC(C)(C)NC(C=O)c1ccc(Cl)cc1. The minimum Gasteiger partial charge on any atom is -0.301 e. The lowest BCUT2D eigenvalue weighted by Crippen LogP contribution is -2.39. The Morgan fingerprint density at radius 3 is 2.20 bits per heavy atom. The van der Waals surface area contributed by atoms with Gasteiger partial charge < -0.3 is 4.79 Å². The highest BCUT2D eigenvalue weighted by atomic mass is 35.5. The average molecular weight is 226 g/mol. The third-order valence-corrected chi connectivity index (χ3v) is 2.21. The Kier molecular flexibility index (Phi) is 3.89. The van der Waals surface area contributed by atoms with Crippen molar-refractivity contribution >= 4 is 17.9 Å². The van der Waals surface area contributed by atoms with Crippen LogP contribution in [0.25, 0.3) is 0 Å². The van der Waals surface area contributed by atoms with Gasteiger partial charge in [0.1, 0.15) is 6.29 Å². The van der Waals surface area contributed by atoms with E-state index in [2.05, 4.69) is 5.32 Å². The first kappa shape index (κ1) is 12.2. The topological polar surface area (TPSA) is 29.1 Å². The molecule has 0 aliphatic heterocycles. The van der Waals surface area contributed by atoms with Gasteiger partial charge in [0.15, 0.2) is 0 Å². The Bertz CT molecular complexity index is 326. The first-order chi connectivity index (χ1) is 6.92. The number of benzene rings is 1. The second kappa shape index (κ2) is 4.77. The summed E-state index contributed by atoms with van der Waals surface area (Å²) in [6, 6.07) is 7.03. The maximum atomic E-state index is 11.0. The smallest absolute Gasteiger partial charge is 0.141 e. The molecule has 1 atom stereocenters. The van der Waals surface area contributed by atoms with Crippen LogP contribution in [0.4, 0.5) is 0 Å². The molecule has 0 bridgehead atoms. The van der Waals surface area contributed by atoms with Gasteiger partial charge in [0.25, 0.3) is 0 Å². The van der Waals surface area contributed by atoms with Crippen molar-refractivity contribution in [3.63, 3.8) is 0 Å². The van der Waals surface area contributed by atoms with Crippen LogP contribution in [0.5, 0.6) is 0 Å². The molecule has 0 heterocycles. The summed E-state index contributed by atoms with van der Waals surface area (Å²) in [5.41, 5.74) is 0.843. The molecular weight excluding hydrogens is 210 g/mol. The van der Waals surface area contributed by atoms with Gasteiger partial charge in [0, 0.05) is 10.6 Å². The molecule has 0 amide bonds. The number of halogens is 1. The number of hydrogen-bond donors (Lipinski definition) is 1. The number of carbonyl (C=O) groups is 1. The van der Waals surface area contributed by atoms with Crippen LogP contribution in [0.1, 0.15) is 32.4 Å². The summed E-state index contributed by atoms with van der Waals surface area (Å²) in [4.78, 5) is 11.0. The van der Waals surface area contributed by atoms with Gasteiger partial charge >= 0.3 is 0 Å². The molecule has 1 aromatic rings. The van der Waals surface area contributed by atoms with E-state index in [9.17, 15) is 4.79 Å². The molecule has 0 fully saturated rings. The molecule has 0 aromatic heterocycles. The molecule has 1 unspecified atom stereocenters. The van der Waals surface area contributed by atoms with Gasteiger partial charge in [0.2, 0.25) is 0 Å². The van der Waals surface area contributed by atoms with Crippen molar-refractivity contribution in [2.24, 2.45) is 0 Å². The molecule has 15 heavy (non-hydrogen) atoms. The van der Waals surface area contributed by atoms with Crippen LogP contribution in [-0.4, -0.2) is 11.8 Å². The van der Waals surface area contributed by atoms with Crippen LogP contribution in [0, 0.1) is 0 Å². The maximum absolute atomic E-state index is 11.0. The van der Waals surface area contributed by atoms with Gasteiger partial charge in [-0.3, -0.25) is 5.32 Å². The normalized spacial score (nSPS) is 13.6. The van der Waals surface area contributed by atoms with Gasteiger partial charge in [-0.15, -0.1) is 0 Å². The van der Waals surface area contributed by atoms with E-state index in [0.717, 1.165) is 11.8 Å². The van der Waals surface area contributed by atoms with Gasteiger partial charge in [-0.2, -0.15) is 0 Å². The van der Waals surface area contributed by atoms with Crippen LogP contribution in [0.2, 0.25) is 5.02 Å². The maximum Gasteiger partial charge on any atom is 0.141 e. The zero-order chi connectivity index (χ0) is 11.5. The summed E-state index contributed by atoms with van der Waals surface area (Å²) >= 11 is 5.78. The Balaban J connectivity index is 2.83. The van der Waals surface area contributed by atoms with E-state index in [-0.39, 0.29) is 11.6 Å². The van der Waals surface area contributed by atoms with Crippen LogP contribution in [-0.2, 0) is 4.79 Å². The molecule has 0 aliphatic carbocycles. The predicted molar refractivity (Wildman–Crippen MR) is 63.1 cm³/mol. The van der Waals surface area contributed by atoms with Gasteiger partial charge in [-0.1, -0.05) is 23.7 Å². The summed E-state index contributed by atoms with van der Waals surface area (Å²) in [6.07, 6.45) is 0.911. The van der Waals surface area contributed by atoms with Crippen molar-refractivity contribution in [2.75, 3.05) is 0 Å². The Labute approximate surface area is 95.6 Å². The number of nitrogens with one attached hydrogen (secondary N) is 1. The first-order valence-electron chi connectivity index (χ1n) is 4.91. The number of hydrogen-bond acceptors (Lipinski definition) is 2. The summed E-state index contributed by atoms with van der Waals surface area (Å²) < 4.78 is 0. The zero-order valence-electron chi connectivity index (χ0n) is 9.25. The highest BCUT2D eigenvalue weighted by Crippen LogP contribution is 2.17. The van der Waals surface area contributed by atoms with Crippen molar-refractivity contribution in [1.82, 2.24) is 5.32 Å². The summed E-state index contributed by atoms with van der Waals surface area (Å²) in [7, 11) is 0. The monoisotopic (exact) mass is 225 g/mol. The van der Waals surface area contributed by atoms with E-state index < -0.39 is 0 Å². The standard InChI is InChI=1S/C12H16ClNO/c1-12(2,3)14-11(8-15)9-4-6-10(13)7-5-9/h4-8,11,14H,1-3H3. The fraction of sp³-hybridized carbons (Fsp3) is 0.417. The summed E-state index contributed by atoms with van der Waals surface area (Å²) in [6.45, 7) is 6.08. The number of rotatable bonds is 3. The fourth-order valence-electron chi connectivity index (χ4n) is 1.33. The van der Waals surface area contributed by atoms with Crippen molar-refractivity contribution in [3.8, 4) is 0 Å². The highest BCUT2D eigenvalue weighted by Gasteiger charge is 2.17. The number of aldehydes is 1. The molecule has 0 radical (unpaired) electrons. The van der Waals surface area contributed by atoms with E-state index in [0.29, 0.717) is 5.02 Å². The number of carbonyl (C=O) groups excluding carboxylic acids is 1. The third kappa shape index (κ3) is 4.02. The molecular formula is C12H16ClNO. The molecule has 2 nitrogen and oxygen atoms in total. The Morgan fingerprint density at radius 2 is 1.80 bits per heavy atom. The third-order valence-electron chi connectivity index (χ3n) is 1.95. The lowest BCUT2D eigenvalue weighted by Gasteiger charge is -2.25. The molecule has 0 aliphatic rings. The molecule has 1 rings (SSSR count). The predicted octanol–water partition coefficient (Wildman–Crippen LogP) is 2.97. The lowest BCUT2D eigenvalue weighted by atomic mass is 10.0. The Hall–Kier alpha value is -0.860. The second-order valence-corrected chi connectivity index (χ2v) is 5.00. The molecule has 1 aromatic carbocycles. The summed E-state index contributed by atoms with van der Waals surface area (Å²) in [5, 5.41) is 3.91.